The van der Waals surface area contributed by atoms with E-state index in [4.69, 9.17) is 4.74 Å². The Morgan fingerprint density at radius 3 is 2.25 bits per heavy atom. The van der Waals surface area contributed by atoms with E-state index in [0.29, 0.717) is 0 Å². The van der Waals surface area contributed by atoms with E-state index in [-0.39, 0.29) is 0 Å². The maximum Gasteiger partial charge on any atom is 0.122 e. The molecule has 0 saturated heterocycles. The molecule has 0 bridgehead atoms. The Hall–Kier alpha value is -1.80. The van der Waals surface area contributed by atoms with Gasteiger partial charge in [-0.1, -0.05) is 62.4 Å². The highest BCUT2D eigenvalue weighted by Gasteiger charge is 2.04. The van der Waals surface area contributed by atoms with Crippen molar-refractivity contribution in [1.29, 1.82) is 0 Å². The summed E-state index contributed by atoms with van der Waals surface area (Å²) in [6.07, 6.45) is 4.40. The number of rotatable bonds is 11. The minimum Gasteiger partial charge on any atom is -0.493 e. The van der Waals surface area contributed by atoms with E-state index in [9.17, 15) is 0 Å². The molecule has 0 heterocycles. The molecule has 0 aliphatic heterocycles. The number of nitrogens with zero attached hydrogens (tertiary/aromatic N) is 1. The first-order valence-electron chi connectivity index (χ1n) is 9.30. The predicted molar refractivity (Wildman–Crippen MR) is 103 cm³/mol. The molecular formula is C22H31NO. The summed E-state index contributed by atoms with van der Waals surface area (Å²) in [5.41, 5.74) is 2.69. The molecule has 0 fully saturated rings. The van der Waals surface area contributed by atoms with Gasteiger partial charge in [-0.05, 0) is 62.5 Å². The van der Waals surface area contributed by atoms with E-state index in [1.165, 1.54) is 24.1 Å². The Balaban J connectivity index is 1.76. The van der Waals surface area contributed by atoms with E-state index in [1.807, 2.05) is 0 Å². The number of benzene rings is 2. The van der Waals surface area contributed by atoms with Crippen molar-refractivity contribution in [1.82, 2.24) is 4.90 Å². The Labute approximate surface area is 147 Å². The minimum atomic E-state index is 0.809. The molecule has 0 aliphatic rings. The molecule has 2 heteroatoms. The third kappa shape index (κ3) is 6.37. The highest BCUT2D eigenvalue weighted by molar-refractivity contribution is 5.34. The van der Waals surface area contributed by atoms with Gasteiger partial charge in [0.2, 0.25) is 0 Å². The van der Waals surface area contributed by atoms with Crippen LogP contribution in [0.1, 0.15) is 37.8 Å². The molecule has 130 valence electrons. The van der Waals surface area contributed by atoms with E-state index >= 15 is 0 Å². The van der Waals surface area contributed by atoms with Crippen molar-refractivity contribution in [2.75, 3.05) is 26.2 Å². The minimum absolute atomic E-state index is 0.809. The zero-order valence-electron chi connectivity index (χ0n) is 15.2. The van der Waals surface area contributed by atoms with Crippen LogP contribution in [0.4, 0.5) is 0 Å². The van der Waals surface area contributed by atoms with Crippen molar-refractivity contribution < 1.29 is 4.74 Å². The van der Waals surface area contributed by atoms with Gasteiger partial charge in [0, 0.05) is 0 Å². The second kappa shape index (κ2) is 10.9. The van der Waals surface area contributed by atoms with Crippen LogP contribution >= 0.6 is 0 Å². The average molecular weight is 325 g/mol. The molecule has 24 heavy (non-hydrogen) atoms. The topological polar surface area (TPSA) is 12.5 Å². The fourth-order valence-electron chi connectivity index (χ4n) is 2.93. The van der Waals surface area contributed by atoms with Crippen molar-refractivity contribution in [3.05, 3.63) is 65.7 Å². The molecule has 2 aromatic carbocycles. The van der Waals surface area contributed by atoms with Gasteiger partial charge in [-0.2, -0.15) is 0 Å². The lowest BCUT2D eigenvalue weighted by Gasteiger charge is -2.17. The largest absolute Gasteiger partial charge is 0.493 e. The smallest absolute Gasteiger partial charge is 0.122 e. The van der Waals surface area contributed by atoms with Crippen molar-refractivity contribution in [3.8, 4) is 5.75 Å². The van der Waals surface area contributed by atoms with Gasteiger partial charge in [-0.3, -0.25) is 0 Å². The Morgan fingerprint density at radius 2 is 1.50 bits per heavy atom. The third-order valence-corrected chi connectivity index (χ3v) is 4.52. The van der Waals surface area contributed by atoms with Gasteiger partial charge in [0.25, 0.3) is 0 Å². The van der Waals surface area contributed by atoms with Crippen LogP contribution in [0.5, 0.6) is 5.75 Å². The second-order valence-electron chi connectivity index (χ2n) is 6.18. The lowest BCUT2D eigenvalue weighted by Crippen LogP contribution is -2.24. The summed E-state index contributed by atoms with van der Waals surface area (Å²) < 4.78 is 6.06. The molecule has 0 radical (unpaired) electrons. The van der Waals surface area contributed by atoms with Crippen LogP contribution in [0.25, 0.3) is 0 Å². The van der Waals surface area contributed by atoms with Gasteiger partial charge < -0.3 is 9.64 Å². The van der Waals surface area contributed by atoms with Gasteiger partial charge in [0.15, 0.2) is 0 Å². The zero-order chi connectivity index (χ0) is 17.0. The molecule has 0 unspecified atom stereocenters. The third-order valence-electron chi connectivity index (χ3n) is 4.52. The summed E-state index contributed by atoms with van der Waals surface area (Å²) >= 11 is 0. The van der Waals surface area contributed by atoms with Crippen LogP contribution in [-0.4, -0.2) is 31.1 Å². The van der Waals surface area contributed by atoms with Crippen molar-refractivity contribution in [3.63, 3.8) is 0 Å². The maximum atomic E-state index is 6.06. The highest BCUT2D eigenvalue weighted by atomic mass is 16.5. The highest BCUT2D eigenvalue weighted by Crippen LogP contribution is 2.20. The molecule has 0 aromatic heterocycles. The molecule has 0 saturated carbocycles. The number of hydrogen-bond acceptors (Lipinski definition) is 2. The van der Waals surface area contributed by atoms with E-state index in [0.717, 1.165) is 44.7 Å². The molecule has 2 aromatic rings. The molecule has 0 spiro atoms. The average Bonchev–Trinajstić information content (AvgIpc) is 2.64. The number of hydrogen-bond donors (Lipinski definition) is 0. The molecule has 0 atom stereocenters. The van der Waals surface area contributed by atoms with Crippen LogP contribution in [0.3, 0.4) is 0 Å². The lowest BCUT2D eigenvalue weighted by atomic mass is 10.0. The molecule has 0 N–H and O–H groups in total. The Morgan fingerprint density at radius 1 is 0.792 bits per heavy atom. The van der Waals surface area contributed by atoms with Gasteiger partial charge in [0.1, 0.15) is 5.75 Å². The molecular weight excluding hydrogens is 294 g/mol. The first-order valence-corrected chi connectivity index (χ1v) is 9.30. The fraction of sp³-hybridized carbons (Fsp3) is 0.455. The summed E-state index contributed by atoms with van der Waals surface area (Å²) in [4.78, 5) is 2.47. The van der Waals surface area contributed by atoms with Crippen LogP contribution < -0.4 is 4.74 Å². The van der Waals surface area contributed by atoms with Gasteiger partial charge in [-0.15, -0.1) is 0 Å². The Bertz CT molecular complexity index is 563. The lowest BCUT2D eigenvalue weighted by molar-refractivity contribution is 0.265. The number of unbranched alkanes of at least 4 members (excludes halogenated alkanes) is 1. The summed E-state index contributed by atoms with van der Waals surface area (Å²) in [7, 11) is 0. The van der Waals surface area contributed by atoms with E-state index in [1.54, 1.807) is 0 Å². The van der Waals surface area contributed by atoms with Gasteiger partial charge >= 0.3 is 0 Å². The predicted octanol–water partition coefficient (Wildman–Crippen LogP) is 4.97. The first-order chi connectivity index (χ1) is 11.8. The van der Waals surface area contributed by atoms with Crippen LogP contribution in [0.15, 0.2) is 54.6 Å². The molecule has 2 rings (SSSR count). The van der Waals surface area contributed by atoms with Gasteiger partial charge in [-0.25, -0.2) is 0 Å². The molecule has 2 nitrogen and oxygen atoms in total. The molecule has 0 aliphatic carbocycles. The summed E-state index contributed by atoms with van der Waals surface area (Å²) in [6.45, 7) is 8.71. The second-order valence-corrected chi connectivity index (χ2v) is 6.18. The van der Waals surface area contributed by atoms with E-state index in [2.05, 4.69) is 73.3 Å². The quantitative estimate of drug-likeness (QED) is 0.541. The van der Waals surface area contributed by atoms with Crippen LogP contribution in [0, 0.1) is 0 Å². The van der Waals surface area contributed by atoms with Crippen molar-refractivity contribution in [2.24, 2.45) is 0 Å². The number of aryl methyl sites for hydroxylation is 2. The monoisotopic (exact) mass is 325 g/mol. The summed E-state index contributed by atoms with van der Waals surface area (Å²) in [6, 6.07) is 19.1. The maximum absolute atomic E-state index is 6.06. The fourth-order valence-corrected chi connectivity index (χ4v) is 2.93. The Kier molecular flexibility index (Phi) is 8.40. The number of para-hydroxylation sites is 1. The number of ether oxygens (including phenoxy) is 1. The molecule has 0 amide bonds. The normalized spacial score (nSPS) is 11.0. The summed E-state index contributed by atoms with van der Waals surface area (Å²) in [5.74, 6) is 1.05. The standard InChI is InChI=1S/C22H31NO/c1-3-23(4-2)18-10-11-19-24-22-15-9-8-14-21(22)17-16-20-12-6-5-7-13-20/h5-9,12-15H,3-4,10-11,16-19H2,1-2H3. The SMILES string of the molecule is CCN(CC)CCCCOc1ccccc1CCc1ccccc1. The van der Waals surface area contributed by atoms with Crippen LogP contribution in [0.2, 0.25) is 0 Å². The van der Waals surface area contributed by atoms with Crippen molar-refractivity contribution in [2.45, 2.75) is 39.5 Å². The van der Waals surface area contributed by atoms with Crippen molar-refractivity contribution >= 4 is 0 Å². The zero-order valence-corrected chi connectivity index (χ0v) is 15.2. The van der Waals surface area contributed by atoms with Crippen LogP contribution in [-0.2, 0) is 12.8 Å². The first kappa shape index (κ1) is 18.5. The van der Waals surface area contributed by atoms with Gasteiger partial charge in [0.05, 0.1) is 6.61 Å². The van der Waals surface area contributed by atoms with E-state index < -0.39 is 0 Å². The summed E-state index contributed by atoms with van der Waals surface area (Å²) in [5, 5.41) is 0.